The summed E-state index contributed by atoms with van der Waals surface area (Å²) in [6.07, 6.45) is 1.64. The maximum atomic E-state index is 11.8. The topological polar surface area (TPSA) is 49.8 Å². The Morgan fingerprint density at radius 3 is 2.62 bits per heavy atom. The molecule has 1 aliphatic rings. The number of amides is 1. The van der Waals surface area contributed by atoms with Gasteiger partial charge in [0.2, 0.25) is 0 Å². The van der Waals surface area contributed by atoms with Crippen LogP contribution in [0.25, 0.3) is 0 Å². The number of carbonyl (C=O) groups excluding carboxylic acids is 1. The van der Waals surface area contributed by atoms with Gasteiger partial charge < -0.3 is 14.7 Å². The maximum Gasteiger partial charge on any atom is 0.415 e. The lowest BCUT2D eigenvalue weighted by atomic mass is 10.3. The van der Waals surface area contributed by atoms with Gasteiger partial charge in [-0.25, -0.2) is 4.79 Å². The monoisotopic (exact) mass is 221 g/mol. The number of aliphatic hydroxyl groups is 1. The molecule has 4 nitrogen and oxygen atoms in total. The Hall–Kier alpha value is -1.55. The predicted molar refractivity (Wildman–Crippen MR) is 59.3 cm³/mol. The Labute approximate surface area is 94.4 Å². The van der Waals surface area contributed by atoms with Gasteiger partial charge in [-0.3, -0.25) is 0 Å². The summed E-state index contributed by atoms with van der Waals surface area (Å²) in [5, 5.41) is 8.88. The molecule has 0 spiro atoms. The number of aliphatic hydroxyl groups excluding tert-OH is 1. The third-order valence-electron chi connectivity index (χ3n) is 2.51. The third kappa shape index (κ3) is 2.73. The third-order valence-corrected chi connectivity index (χ3v) is 2.51. The molecule has 0 aromatic heterocycles. The van der Waals surface area contributed by atoms with E-state index in [0.29, 0.717) is 12.3 Å². The summed E-state index contributed by atoms with van der Waals surface area (Å²) < 4.78 is 5.21. The smallest absolute Gasteiger partial charge is 0.410 e. The van der Waals surface area contributed by atoms with E-state index in [0.717, 1.165) is 12.8 Å². The summed E-state index contributed by atoms with van der Waals surface area (Å²) in [5.41, 5.74) is 0. The lowest BCUT2D eigenvalue weighted by molar-refractivity contribution is 0.135. The highest BCUT2D eigenvalue weighted by Crippen LogP contribution is 2.27. The normalized spacial score (nSPS) is 14.6. The van der Waals surface area contributed by atoms with Gasteiger partial charge in [0.05, 0.1) is 6.61 Å². The second-order valence-electron chi connectivity index (χ2n) is 3.83. The van der Waals surface area contributed by atoms with Gasteiger partial charge in [-0.2, -0.15) is 0 Å². The number of carbonyl (C=O) groups is 1. The quantitative estimate of drug-likeness (QED) is 0.840. The molecule has 0 saturated heterocycles. The van der Waals surface area contributed by atoms with Gasteiger partial charge >= 0.3 is 6.09 Å². The van der Waals surface area contributed by atoms with Gasteiger partial charge in [0.15, 0.2) is 0 Å². The fraction of sp³-hybridized carbons (Fsp3) is 0.417. The number of rotatable bonds is 4. The molecule has 1 aromatic rings. The average molecular weight is 221 g/mol. The predicted octanol–water partition coefficient (Wildman–Crippen LogP) is 1.64. The Balaban J connectivity index is 1.95. The molecule has 1 N–H and O–H groups in total. The molecule has 0 aliphatic heterocycles. The highest BCUT2D eigenvalue weighted by atomic mass is 16.6. The van der Waals surface area contributed by atoms with Crippen LogP contribution in [0.1, 0.15) is 12.8 Å². The van der Waals surface area contributed by atoms with Crippen LogP contribution in [-0.4, -0.2) is 35.3 Å². The van der Waals surface area contributed by atoms with E-state index in [1.54, 1.807) is 17.0 Å². The lowest BCUT2D eigenvalue weighted by Crippen LogP contribution is -2.37. The molecule has 4 heteroatoms. The molecular weight excluding hydrogens is 206 g/mol. The summed E-state index contributed by atoms with van der Waals surface area (Å²) in [4.78, 5) is 13.4. The van der Waals surface area contributed by atoms with Crippen molar-refractivity contribution in [2.24, 2.45) is 0 Å². The van der Waals surface area contributed by atoms with Crippen molar-refractivity contribution in [1.29, 1.82) is 0 Å². The Morgan fingerprint density at radius 1 is 1.38 bits per heavy atom. The Morgan fingerprint density at radius 2 is 2.06 bits per heavy atom. The number of ether oxygens (including phenoxy) is 1. The van der Waals surface area contributed by atoms with Crippen LogP contribution >= 0.6 is 0 Å². The number of hydrogen-bond acceptors (Lipinski definition) is 3. The molecule has 1 saturated carbocycles. The lowest BCUT2D eigenvalue weighted by Gasteiger charge is -2.20. The summed E-state index contributed by atoms with van der Waals surface area (Å²) in [7, 11) is 0. The number of hydrogen-bond donors (Lipinski definition) is 1. The summed E-state index contributed by atoms with van der Waals surface area (Å²) in [6.45, 7) is 0.316. The molecule has 16 heavy (non-hydrogen) atoms. The highest BCUT2D eigenvalue weighted by Gasteiger charge is 2.33. The van der Waals surface area contributed by atoms with Crippen molar-refractivity contribution >= 4 is 6.09 Å². The minimum Gasteiger partial charge on any atom is -0.410 e. The zero-order valence-corrected chi connectivity index (χ0v) is 9.00. The van der Waals surface area contributed by atoms with E-state index in [2.05, 4.69) is 0 Å². The largest absolute Gasteiger partial charge is 0.415 e. The molecule has 1 aromatic carbocycles. The van der Waals surface area contributed by atoms with Crippen LogP contribution in [0.3, 0.4) is 0 Å². The van der Waals surface area contributed by atoms with E-state index in [1.807, 2.05) is 18.2 Å². The average Bonchev–Trinajstić information content (AvgIpc) is 3.11. The molecular formula is C12H15NO3. The van der Waals surface area contributed by atoms with Gasteiger partial charge in [-0.05, 0) is 25.0 Å². The van der Waals surface area contributed by atoms with Crippen LogP contribution in [-0.2, 0) is 0 Å². The SMILES string of the molecule is O=C(Oc1ccccc1)N(CCO)C1CC1. The van der Waals surface area contributed by atoms with Crippen LogP contribution in [0.15, 0.2) is 30.3 Å². The fourth-order valence-electron chi connectivity index (χ4n) is 1.56. The second kappa shape index (κ2) is 4.99. The number of nitrogens with zero attached hydrogens (tertiary/aromatic N) is 1. The van der Waals surface area contributed by atoms with E-state index in [9.17, 15) is 4.79 Å². The molecule has 1 fully saturated rings. The zero-order chi connectivity index (χ0) is 11.4. The van der Waals surface area contributed by atoms with Crippen LogP contribution in [0.4, 0.5) is 4.79 Å². The van der Waals surface area contributed by atoms with Crippen LogP contribution in [0.2, 0.25) is 0 Å². The van der Waals surface area contributed by atoms with Crippen molar-refractivity contribution in [3.63, 3.8) is 0 Å². The standard InChI is InChI=1S/C12H15NO3/c14-9-8-13(10-6-7-10)12(15)16-11-4-2-1-3-5-11/h1-5,10,14H,6-9H2. The Kier molecular flexibility index (Phi) is 3.41. The first-order valence-electron chi connectivity index (χ1n) is 5.45. The molecule has 0 bridgehead atoms. The first-order valence-corrected chi connectivity index (χ1v) is 5.45. The van der Waals surface area contributed by atoms with E-state index < -0.39 is 0 Å². The van der Waals surface area contributed by atoms with Gasteiger partial charge in [0.1, 0.15) is 5.75 Å². The second-order valence-corrected chi connectivity index (χ2v) is 3.83. The molecule has 1 aliphatic carbocycles. The summed E-state index contributed by atoms with van der Waals surface area (Å²) in [6, 6.07) is 9.23. The van der Waals surface area contributed by atoms with E-state index in [4.69, 9.17) is 9.84 Å². The maximum absolute atomic E-state index is 11.8. The molecule has 0 radical (unpaired) electrons. The van der Waals surface area contributed by atoms with Crippen molar-refractivity contribution in [3.8, 4) is 5.75 Å². The summed E-state index contributed by atoms with van der Waals surface area (Å²) in [5.74, 6) is 0.538. The van der Waals surface area contributed by atoms with Gasteiger partial charge in [0.25, 0.3) is 0 Å². The van der Waals surface area contributed by atoms with Crippen molar-refractivity contribution in [3.05, 3.63) is 30.3 Å². The van der Waals surface area contributed by atoms with Crippen molar-refractivity contribution in [2.75, 3.05) is 13.2 Å². The zero-order valence-electron chi connectivity index (χ0n) is 9.00. The Bertz CT molecular complexity index is 349. The van der Waals surface area contributed by atoms with Crippen LogP contribution < -0.4 is 4.74 Å². The van der Waals surface area contributed by atoms with Crippen molar-refractivity contribution < 1.29 is 14.6 Å². The minimum absolute atomic E-state index is 0.0274. The molecule has 86 valence electrons. The van der Waals surface area contributed by atoms with E-state index in [1.165, 1.54) is 0 Å². The highest BCUT2D eigenvalue weighted by molar-refractivity contribution is 5.71. The van der Waals surface area contributed by atoms with Gasteiger partial charge in [-0.1, -0.05) is 18.2 Å². The fourth-order valence-corrected chi connectivity index (χ4v) is 1.56. The summed E-state index contributed by atoms with van der Waals surface area (Å²) >= 11 is 0. The van der Waals surface area contributed by atoms with Crippen LogP contribution in [0.5, 0.6) is 5.75 Å². The van der Waals surface area contributed by atoms with E-state index >= 15 is 0 Å². The van der Waals surface area contributed by atoms with Crippen molar-refractivity contribution in [2.45, 2.75) is 18.9 Å². The minimum atomic E-state index is -0.372. The van der Waals surface area contributed by atoms with Crippen molar-refractivity contribution in [1.82, 2.24) is 4.90 Å². The molecule has 0 atom stereocenters. The molecule has 0 unspecified atom stereocenters. The number of para-hydroxylation sites is 1. The first-order chi connectivity index (χ1) is 7.81. The first kappa shape index (κ1) is 11.0. The number of benzene rings is 1. The van der Waals surface area contributed by atoms with E-state index in [-0.39, 0.29) is 18.7 Å². The molecule has 1 amide bonds. The van der Waals surface area contributed by atoms with Gasteiger partial charge in [-0.15, -0.1) is 0 Å². The van der Waals surface area contributed by atoms with Gasteiger partial charge in [0, 0.05) is 12.6 Å². The molecule has 2 rings (SSSR count). The van der Waals surface area contributed by atoms with Crippen LogP contribution in [0, 0.1) is 0 Å². The molecule has 0 heterocycles.